The van der Waals surface area contributed by atoms with E-state index >= 15 is 0 Å². The molecule has 29 heavy (non-hydrogen) atoms. The Morgan fingerprint density at radius 2 is 2.17 bits per heavy atom. The maximum Gasteiger partial charge on any atom is 0.522 e. The molecule has 0 spiro atoms. The minimum absolute atomic E-state index is 0.115. The van der Waals surface area contributed by atoms with Gasteiger partial charge < -0.3 is 34.7 Å². The van der Waals surface area contributed by atoms with Gasteiger partial charge in [0.1, 0.15) is 29.2 Å². The zero-order valence-corrected chi connectivity index (χ0v) is 15.8. The van der Waals surface area contributed by atoms with Crippen LogP contribution in [0.15, 0.2) is 24.7 Å². The van der Waals surface area contributed by atoms with Crippen molar-refractivity contribution >= 4 is 19.0 Å². The standard InChI is InChI=1S/C18H21BN4O6/c1-22-8-12(21-9-22)15(20)17(24)23-6-11(7-23)28-13-3-2-10-4-5-19(27)29-16(10)14(13)18(25)26/h2-3,8-9,11,15,27H,4-7,20H2,1H3,(H,25,26). The van der Waals surface area contributed by atoms with Gasteiger partial charge in [-0.05, 0) is 24.4 Å². The lowest BCUT2D eigenvalue weighted by Crippen LogP contribution is -2.58. The molecule has 2 aliphatic heterocycles. The molecule has 152 valence electrons. The molecule has 0 aliphatic carbocycles. The lowest BCUT2D eigenvalue weighted by molar-refractivity contribution is -0.141. The van der Waals surface area contributed by atoms with Crippen LogP contribution in [0, 0.1) is 0 Å². The average Bonchev–Trinajstić information content (AvgIpc) is 3.08. The number of aromatic carboxylic acids is 1. The molecule has 10 nitrogen and oxygen atoms in total. The number of aryl methyl sites for hydroxylation is 2. The number of imidazole rings is 1. The molecular formula is C18H21BN4O6. The van der Waals surface area contributed by atoms with Crippen LogP contribution < -0.4 is 15.1 Å². The van der Waals surface area contributed by atoms with E-state index in [0.29, 0.717) is 37.1 Å². The summed E-state index contributed by atoms with van der Waals surface area (Å²) in [5, 5.41) is 19.3. The Kier molecular flexibility index (Phi) is 4.93. The Morgan fingerprint density at radius 1 is 1.41 bits per heavy atom. The van der Waals surface area contributed by atoms with E-state index in [-0.39, 0.29) is 29.1 Å². The van der Waals surface area contributed by atoms with E-state index in [1.807, 2.05) is 0 Å². The average molecular weight is 400 g/mol. The van der Waals surface area contributed by atoms with E-state index in [0.717, 1.165) is 0 Å². The van der Waals surface area contributed by atoms with E-state index in [1.54, 1.807) is 41.2 Å². The van der Waals surface area contributed by atoms with E-state index in [2.05, 4.69) is 4.98 Å². The first kappa shape index (κ1) is 19.3. The number of nitrogens with zero attached hydrogens (tertiary/aromatic N) is 3. The van der Waals surface area contributed by atoms with Crippen molar-refractivity contribution in [3.63, 3.8) is 0 Å². The molecule has 1 fully saturated rings. The van der Waals surface area contributed by atoms with E-state index < -0.39 is 19.1 Å². The molecule has 1 amide bonds. The maximum atomic E-state index is 12.5. The summed E-state index contributed by atoms with van der Waals surface area (Å²) in [5.74, 6) is -1.18. The van der Waals surface area contributed by atoms with Gasteiger partial charge in [-0.25, -0.2) is 9.78 Å². The number of carboxylic acids is 1. The number of carboxylic acid groups (broad SMARTS) is 1. The van der Waals surface area contributed by atoms with Gasteiger partial charge in [-0.3, -0.25) is 4.79 Å². The van der Waals surface area contributed by atoms with Gasteiger partial charge in [-0.2, -0.15) is 0 Å². The van der Waals surface area contributed by atoms with Crippen LogP contribution in [0.1, 0.15) is 27.7 Å². The summed E-state index contributed by atoms with van der Waals surface area (Å²) in [6.45, 7) is 0.581. The topological polar surface area (TPSA) is 140 Å². The number of ether oxygens (including phenoxy) is 1. The van der Waals surface area contributed by atoms with Crippen molar-refractivity contribution in [1.29, 1.82) is 0 Å². The van der Waals surface area contributed by atoms with E-state index in [4.69, 9.17) is 15.1 Å². The fourth-order valence-corrected chi connectivity index (χ4v) is 3.50. The summed E-state index contributed by atoms with van der Waals surface area (Å²) in [4.78, 5) is 29.9. The first-order valence-electron chi connectivity index (χ1n) is 9.26. The van der Waals surface area contributed by atoms with Crippen LogP contribution in [0.5, 0.6) is 11.5 Å². The molecule has 11 heteroatoms. The molecule has 0 radical (unpaired) electrons. The molecule has 1 unspecified atom stereocenters. The number of hydrogen-bond acceptors (Lipinski definition) is 7. The second kappa shape index (κ2) is 7.41. The minimum atomic E-state index is -1.20. The third-order valence-electron chi connectivity index (χ3n) is 5.09. The zero-order chi connectivity index (χ0) is 20.7. The fourth-order valence-electron chi connectivity index (χ4n) is 3.50. The smallest absolute Gasteiger partial charge is 0.522 e. The second-order valence-corrected chi connectivity index (χ2v) is 7.27. The zero-order valence-electron chi connectivity index (χ0n) is 15.8. The molecule has 3 heterocycles. The van der Waals surface area contributed by atoms with Crippen LogP contribution in [-0.2, 0) is 18.3 Å². The molecule has 1 aromatic carbocycles. The molecule has 4 rings (SSSR count). The number of carbonyl (C=O) groups is 2. The summed E-state index contributed by atoms with van der Waals surface area (Å²) < 4.78 is 12.9. The molecular weight excluding hydrogens is 379 g/mol. The Bertz CT molecular complexity index is 958. The highest BCUT2D eigenvalue weighted by Gasteiger charge is 2.37. The summed E-state index contributed by atoms with van der Waals surface area (Å²) in [5.41, 5.74) is 7.07. The predicted octanol–water partition coefficient (Wildman–Crippen LogP) is -0.177. The van der Waals surface area contributed by atoms with Crippen LogP contribution in [0.25, 0.3) is 0 Å². The third kappa shape index (κ3) is 3.66. The number of likely N-dealkylation sites (tertiary alicyclic amines) is 1. The van der Waals surface area contributed by atoms with Crippen molar-refractivity contribution in [2.45, 2.75) is 24.9 Å². The van der Waals surface area contributed by atoms with E-state index in [1.165, 1.54) is 0 Å². The lowest BCUT2D eigenvalue weighted by Gasteiger charge is -2.40. The molecule has 0 saturated carbocycles. The number of hydrogen-bond donors (Lipinski definition) is 3. The summed E-state index contributed by atoms with van der Waals surface area (Å²) in [6.07, 6.45) is 3.83. The summed E-state index contributed by atoms with van der Waals surface area (Å²) >= 11 is 0. The van der Waals surface area contributed by atoms with Crippen molar-refractivity contribution in [1.82, 2.24) is 14.5 Å². The van der Waals surface area contributed by atoms with Crippen molar-refractivity contribution in [2.75, 3.05) is 13.1 Å². The summed E-state index contributed by atoms with van der Waals surface area (Å²) in [6, 6.07) is 2.47. The van der Waals surface area contributed by atoms with Gasteiger partial charge in [0.2, 0.25) is 5.91 Å². The number of amides is 1. The van der Waals surface area contributed by atoms with Gasteiger partial charge in [0.15, 0.2) is 0 Å². The molecule has 2 aliphatic rings. The number of fused-ring (bicyclic) bond motifs is 1. The Morgan fingerprint density at radius 3 is 2.83 bits per heavy atom. The number of rotatable bonds is 5. The monoisotopic (exact) mass is 400 g/mol. The van der Waals surface area contributed by atoms with Gasteiger partial charge in [0.25, 0.3) is 0 Å². The molecule has 2 aromatic rings. The lowest BCUT2D eigenvalue weighted by atomic mass is 9.78. The van der Waals surface area contributed by atoms with Crippen molar-refractivity contribution in [2.24, 2.45) is 12.8 Å². The van der Waals surface area contributed by atoms with Gasteiger partial charge in [-0.1, -0.05) is 6.07 Å². The molecule has 0 bridgehead atoms. The van der Waals surface area contributed by atoms with E-state index in [9.17, 15) is 19.7 Å². The number of nitrogens with two attached hydrogens (primary N) is 1. The van der Waals surface area contributed by atoms with Gasteiger partial charge in [0, 0.05) is 13.2 Å². The Labute approximate surface area is 167 Å². The second-order valence-electron chi connectivity index (χ2n) is 7.27. The van der Waals surface area contributed by atoms with Crippen molar-refractivity contribution in [3.05, 3.63) is 41.5 Å². The number of carbonyl (C=O) groups excluding carboxylic acids is 1. The van der Waals surface area contributed by atoms with Crippen LogP contribution in [0.2, 0.25) is 6.32 Å². The predicted molar refractivity (Wildman–Crippen MR) is 102 cm³/mol. The normalized spacial score (nSPS) is 17.2. The largest absolute Gasteiger partial charge is 0.535 e. The minimum Gasteiger partial charge on any atom is -0.535 e. The van der Waals surface area contributed by atoms with Crippen molar-refractivity contribution in [3.8, 4) is 11.5 Å². The molecule has 4 N–H and O–H groups in total. The van der Waals surface area contributed by atoms with Crippen LogP contribution in [-0.4, -0.2) is 62.8 Å². The van der Waals surface area contributed by atoms with Gasteiger partial charge >= 0.3 is 13.1 Å². The Balaban J connectivity index is 1.43. The highest BCUT2D eigenvalue weighted by atomic mass is 16.5. The quantitative estimate of drug-likeness (QED) is 0.588. The molecule has 1 saturated heterocycles. The first-order chi connectivity index (χ1) is 13.8. The molecule has 1 atom stereocenters. The highest BCUT2D eigenvalue weighted by Crippen LogP contribution is 2.37. The van der Waals surface area contributed by atoms with Crippen LogP contribution >= 0.6 is 0 Å². The number of benzene rings is 1. The van der Waals surface area contributed by atoms with Crippen LogP contribution in [0.3, 0.4) is 0 Å². The van der Waals surface area contributed by atoms with Crippen LogP contribution in [0.4, 0.5) is 0 Å². The fraction of sp³-hybridized carbons (Fsp3) is 0.389. The van der Waals surface area contributed by atoms with Gasteiger partial charge in [0.05, 0.1) is 25.1 Å². The highest BCUT2D eigenvalue weighted by molar-refractivity contribution is 6.44. The maximum absolute atomic E-state index is 12.5. The summed E-state index contributed by atoms with van der Waals surface area (Å²) in [7, 11) is 0.753. The number of aromatic nitrogens is 2. The van der Waals surface area contributed by atoms with Crippen molar-refractivity contribution < 1.29 is 29.1 Å². The third-order valence-corrected chi connectivity index (χ3v) is 5.09. The van der Waals surface area contributed by atoms with Gasteiger partial charge in [-0.15, -0.1) is 0 Å². The SMILES string of the molecule is Cn1cnc(C(N)C(=O)N2CC(Oc3ccc4c(c3C(=O)O)OB(O)CC4)C2)c1. The molecule has 1 aromatic heterocycles. The first-order valence-corrected chi connectivity index (χ1v) is 9.26. The Hall–Kier alpha value is -3.05.